The number of methoxy groups -OCH3 is 1. The van der Waals surface area contributed by atoms with Crippen LogP contribution in [0.4, 0.5) is 10.7 Å². The summed E-state index contributed by atoms with van der Waals surface area (Å²) in [5.41, 5.74) is 3.59. The first-order chi connectivity index (χ1) is 16.2. The van der Waals surface area contributed by atoms with Gasteiger partial charge >= 0.3 is 5.97 Å². The molecule has 0 fully saturated rings. The number of anilines is 2. The van der Waals surface area contributed by atoms with Crippen LogP contribution in [0.2, 0.25) is 0 Å². The van der Waals surface area contributed by atoms with Gasteiger partial charge in [-0.3, -0.25) is 9.52 Å². The van der Waals surface area contributed by atoms with E-state index in [2.05, 4.69) is 10.0 Å². The summed E-state index contributed by atoms with van der Waals surface area (Å²) < 4.78 is 33.2. The van der Waals surface area contributed by atoms with Crippen molar-refractivity contribution in [1.82, 2.24) is 0 Å². The summed E-state index contributed by atoms with van der Waals surface area (Å²) in [6, 6.07) is 11.3. The van der Waals surface area contributed by atoms with E-state index in [9.17, 15) is 18.0 Å². The van der Waals surface area contributed by atoms with Gasteiger partial charge in [0.1, 0.15) is 5.00 Å². The Kier molecular flexibility index (Phi) is 6.77. The van der Waals surface area contributed by atoms with Crippen molar-refractivity contribution in [3.63, 3.8) is 0 Å². The molecule has 178 valence electrons. The highest BCUT2D eigenvalue weighted by Crippen LogP contribution is 2.38. The molecule has 9 heteroatoms. The second-order valence-electron chi connectivity index (χ2n) is 8.31. The van der Waals surface area contributed by atoms with E-state index in [1.54, 1.807) is 31.2 Å². The molecule has 0 saturated heterocycles. The number of hydrogen-bond acceptors (Lipinski definition) is 6. The van der Waals surface area contributed by atoms with Crippen molar-refractivity contribution in [3.05, 3.63) is 75.2 Å². The monoisotopic (exact) mass is 498 g/mol. The first-order valence-electron chi connectivity index (χ1n) is 10.9. The summed E-state index contributed by atoms with van der Waals surface area (Å²) in [5, 5.41) is 3.31. The number of nitrogens with one attached hydrogen (secondary N) is 2. The molecular weight excluding hydrogens is 472 g/mol. The topological polar surface area (TPSA) is 102 Å². The fourth-order valence-corrected chi connectivity index (χ4v) is 6.34. The molecule has 0 atom stereocenters. The summed E-state index contributed by atoms with van der Waals surface area (Å²) in [4.78, 5) is 26.8. The van der Waals surface area contributed by atoms with E-state index in [1.807, 2.05) is 6.92 Å². The molecule has 2 N–H and O–H groups in total. The number of amides is 1. The van der Waals surface area contributed by atoms with E-state index in [0.29, 0.717) is 21.8 Å². The third-order valence-corrected chi connectivity index (χ3v) is 8.45. The molecular formula is C25H26N2O5S2. The van der Waals surface area contributed by atoms with E-state index >= 15 is 0 Å². The summed E-state index contributed by atoms with van der Waals surface area (Å²) >= 11 is 1.40. The average molecular weight is 499 g/mol. The predicted octanol–water partition coefficient (Wildman–Crippen LogP) is 5.08. The van der Waals surface area contributed by atoms with Crippen LogP contribution in [-0.4, -0.2) is 27.4 Å². The molecule has 1 heterocycles. The van der Waals surface area contributed by atoms with Crippen LogP contribution in [0.3, 0.4) is 0 Å². The Bertz CT molecular complexity index is 1360. The van der Waals surface area contributed by atoms with Crippen LogP contribution in [0.1, 0.15) is 55.1 Å². The molecule has 7 nitrogen and oxygen atoms in total. The number of esters is 1. The highest BCUT2D eigenvalue weighted by Gasteiger charge is 2.27. The second kappa shape index (κ2) is 9.60. The van der Waals surface area contributed by atoms with E-state index < -0.39 is 21.9 Å². The van der Waals surface area contributed by atoms with E-state index in [1.165, 1.54) is 36.6 Å². The first kappa shape index (κ1) is 24.0. The largest absolute Gasteiger partial charge is 0.465 e. The molecule has 1 aliphatic carbocycles. The molecule has 1 aromatic heterocycles. The highest BCUT2D eigenvalue weighted by atomic mass is 32.2. The Balaban J connectivity index is 1.61. The number of carbonyl (C=O) groups is 2. The van der Waals surface area contributed by atoms with Gasteiger partial charge in [0.05, 0.1) is 23.3 Å². The van der Waals surface area contributed by atoms with Crippen molar-refractivity contribution >= 4 is 43.9 Å². The fourth-order valence-electron chi connectivity index (χ4n) is 3.94. The van der Waals surface area contributed by atoms with Crippen molar-refractivity contribution in [2.75, 3.05) is 17.1 Å². The Morgan fingerprint density at radius 2 is 1.71 bits per heavy atom. The van der Waals surface area contributed by atoms with Gasteiger partial charge in [-0.1, -0.05) is 23.8 Å². The van der Waals surface area contributed by atoms with Gasteiger partial charge in [0, 0.05) is 10.4 Å². The number of benzene rings is 2. The van der Waals surface area contributed by atoms with Crippen LogP contribution in [0.5, 0.6) is 0 Å². The number of ether oxygens (including phenoxy) is 1. The minimum atomic E-state index is -3.82. The average Bonchev–Trinajstić information content (AvgIpc) is 3.17. The first-order valence-corrected chi connectivity index (χ1v) is 13.2. The third-order valence-electron chi connectivity index (χ3n) is 5.86. The lowest BCUT2D eigenvalue weighted by molar-refractivity contribution is 0.0601. The van der Waals surface area contributed by atoms with Crippen LogP contribution in [-0.2, 0) is 27.6 Å². The SMILES string of the molecule is COC(=O)c1c(NC(=O)c2ccc(C)c(NS(=O)(=O)c3ccc(C)cc3)c2)sc2c1CCCC2. The highest BCUT2D eigenvalue weighted by molar-refractivity contribution is 7.92. The molecule has 3 aromatic rings. The van der Waals surface area contributed by atoms with Crippen molar-refractivity contribution < 1.29 is 22.7 Å². The lowest BCUT2D eigenvalue weighted by Crippen LogP contribution is -2.17. The molecule has 0 saturated carbocycles. The number of thiophene rings is 1. The molecule has 0 aliphatic heterocycles. The molecule has 34 heavy (non-hydrogen) atoms. The van der Waals surface area contributed by atoms with E-state index in [-0.39, 0.29) is 10.5 Å². The maximum absolute atomic E-state index is 13.1. The lowest BCUT2D eigenvalue weighted by atomic mass is 9.95. The maximum atomic E-state index is 13.1. The molecule has 1 aliphatic rings. The van der Waals surface area contributed by atoms with Gasteiger partial charge in [-0.25, -0.2) is 13.2 Å². The second-order valence-corrected chi connectivity index (χ2v) is 11.1. The quantitative estimate of drug-likeness (QED) is 0.461. The molecule has 0 bridgehead atoms. The Morgan fingerprint density at radius 1 is 1.00 bits per heavy atom. The number of hydrogen-bond donors (Lipinski definition) is 2. The van der Waals surface area contributed by atoms with Gasteiger partial charge in [-0.2, -0.15) is 0 Å². The van der Waals surface area contributed by atoms with Crippen LogP contribution in [0.25, 0.3) is 0 Å². The molecule has 0 radical (unpaired) electrons. The van der Waals surface area contributed by atoms with Gasteiger partial charge in [-0.05, 0) is 74.9 Å². The summed E-state index contributed by atoms with van der Waals surface area (Å²) in [6.07, 6.45) is 3.68. The van der Waals surface area contributed by atoms with Gasteiger partial charge in [0.2, 0.25) is 0 Å². The van der Waals surface area contributed by atoms with Gasteiger partial charge in [0.15, 0.2) is 0 Å². The van der Waals surface area contributed by atoms with Crippen molar-refractivity contribution in [2.45, 2.75) is 44.4 Å². The molecule has 0 unspecified atom stereocenters. The summed E-state index contributed by atoms with van der Waals surface area (Å²) in [5.74, 6) is -0.898. The molecule has 1 amide bonds. The zero-order valence-corrected chi connectivity index (χ0v) is 20.9. The number of fused-ring (bicyclic) bond motifs is 1. The van der Waals surface area contributed by atoms with Crippen LogP contribution < -0.4 is 10.0 Å². The fraction of sp³-hybridized carbons (Fsp3) is 0.280. The summed E-state index contributed by atoms with van der Waals surface area (Å²) in [6.45, 7) is 3.64. The minimum absolute atomic E-state index is 0.138. The van der Waals surface area contributed by atoms with Crippen molar-refractivity contribution in [1.29, 1.82) is 0 Å². The summed E-state index contributed by atoms with van der Waals surface area (Å²) in [7, 11) is -2.49. The van der Waals surface area contributed by atoms with E-state index in [0.717, 1.165) is 41.7 Å². The standard InChI is InChI=1S/C25H26N2O5S2/c1-15-8-12-18(13-9-15)34(30,31)27-20-14-17(11-10-16(20)2)23(28)26-24-22(25(29)32-3)19-6-4-5-7-21(19)33-24/h8-14,27H,4-7H2,1-3H3,(H,26,28). The molecule has 4 rings (SSSR count). The number of rotatable bonds is 6. The normalized spacial score (nSPS) is 13.1. The Hall–Kier alpha value is -3.17. The van der Waals surface area contributed by atoms with Gasteiger partial charge < -0.3 is 10.1 Å². The predicted molar refractivity (Wildman–Crippen MR) is 133 cm³/mol. The maximum Gasteiger partial charge on any atom is 0.341 e. The van der Waals surface area contributed by atoms with Gasteiger partial charge in [-0.15, -0.1) is 11.3 Å². The van der Waals surface area contributed by atoms with Gasteiger partial charge in [0.25, 0.3) is 15.9 Å². The van der Waals surface area contributed by atoms with Crippen LogP contribution >= 0.6 is 11.3 Å². The third kappa shape index (κ3) is 4.85. The minimum Gasteiger partial charge on any atom is -0.465 e. The molecule has 0 spiro atoms. The molecule has 2 aromatic carbocycles. The Labute approximate surface area is 203 Å². The van der Waals surface area contributed by atoms with Crippen LogP contribution in [0, 0.1) is 13.8 Å². The van der Waals surface area contributed by atoms with E-state index in [4.69, 9.17) is 4.74 Å². The Morgan fingerprint density at radius 3 is 2.41 bits per heavy atom. The zero-order chi connectivity index (χ0) is 24.5. The zero-order valence-electron chi connectivity index (χ0n) is 19.2. The number of carbonyl (C=O) groups excluding carboxylic acids is 2. The van der Waals surface area contributed by atoms with Crippen molar-refractivity contribution in [2.24, 2.45) is 0 Å². The van der Waals surface area contributed by atoms with Crippen molar-refractivity contribution in [3.8, 4) is 0 Å². The smallest absolute Gasteiger partial charge is 0.341 e. The lowest BCUT2D eigenvalue weighted by Gasteiger charge is -2.13. The van der Waals surface area contributed by atoms with Crippen LogP contribution in [0.15, 0.2) is 47.4 Å². The number of aryl methyl sites for hydroxylation is 3. The number of sulfonamides is 1.